The van der Waals surface area contributed by atoms with Gasteiger partial charge in [0.2, 0.25) is 0 Å². The Hall–Kier alpha value is -1.93. The fraction of sp³-hybridized carbons (Fsp3) is 0.429. The highest BCUT2D eigenvalue weighted by Gasteiger charge is 2.22. The van der Waals surface area contributed by atoms with E-state index in [0.29, 0.717) is 5.76 Å². The van der Waals surface area contributed by atoms with Crippen molar-refractivity contribution >= 4 is 11.0 Å². The van der Waals surface area contributed by atoms with E-state index in [1.165, 1.54) is 5.56 Å². The highest BCUT2D eigenvalue weighted by atomic mass is 16.3. The van der Waals surface area contributed by atoms with Crippen molar-refractivity contribution in [3.05, 3.63) is 46.0 Å². The van der Waals surface area contributed by atoms with Gasteiger partial charge in [0, 0.05) is 15.9 Å². The van der Waals surface area contributed by atoms with Crippen molar-refractivity contribution in [1.29, 1.82) is 0 Å². The van der Waals surface area contributed by atoms with Crippen molar-refractivity contribution in [1.82, 2.24) is 0 Å². The number of fused-ring (bicyclic) bond motifs is 1. The minimum absolute atomic E-state index is 0.0765. The van der Waals surface area contributed by atoms with Crippen LogP contribution in [0.25, 0.3) is 21.4 Å². The molecule has 0 saturated heterocycles. The zero-order chi connectivity index (χ0) is 13.2. The van der Waals surface area contributed by atoms with E-state index in [-0.39, 0.29) is 12.0 Å². The van der Waals surface area contributed by atoms with Crippen LogP contribution in [0.5, 0.6) is 0 Å². The van der Waals surface area contributed by atoms with Gasteiger partial charge >= 0.3 is 0 Å². The molecule has 0 aliphatic heterocycles. The topological polar surface area (TPSA) is 61.9 Å². The lowest BCUT2D eigenvalue weighted by Gasteiger charge is -2.23. The van der Waals surface area contributed by atoms with Crippen LogP contribution in [0, 0.1) is 0 Å². The van der Waals surface area contributed by atoms with Crippen molar-refractivity contribution in [3.63, 3.8) is 0 Å². The highest BCUT2D eigenvalue weighted by molar-refractivity contribution is 5.82. The molecule has 0 aliphatic carbocycles. The Morgan fingerprint density at radius 3 is 2.83 bits per heavy atom. The minimum atomic E-state index is 0.0765. The first-order valence-electron chi connectivity index (χ1n) is 6.11. The lowest BCUT2D eigenvalue weighted by Crippen LogP contribution is -2.15. The molecule has 0 unspecified atom stereocenters. The lowest BCUT2D eigenvalue weighted by molar-refractivity contribution is 0.487. The van der Waals surface area contributed by atoms with Gasteiger partial charge in [-0.3, -0.25) is 0 Å². The molecule has 18 heavy (non-hydrogen) atoms. The van der Waals surface area contributed by atoms with E-state index in [9.17, 15) is 0 Å². The Bertz CT molecular complexity index is 607. The van der Waals surface area contributed by atoms with Crippen LogP contribution >= 0.6 is 0 Å². The molecule has 0 spiro atoms. The summed E-state index contributed by atoms with van der Waals surface area (Å²) in [6.45, 7) is 6.84. The molecule has 0 saturated carbocycles. The predicted octanol–water partition coefficient (Wildman–Crippen LogP) is 4.93. The Labute approximate surface area is 106 Å². The Morgan fingerprint density at radius 2 is 2.17 bits per heavy atom. The molecule has 0 amide bonds. The molecule has 2 aromatic rings. The highest BCUT2D eigenvalue weighted by Crippen LogP contribution is 2.34. The first-order chi connectivity index (χ1) is 8.58. The fourth-order valence-electron chi connectivity index (χ4n) is 2.02. The van der Waals surface area contributed by atoms with Crippen molar-refractivity contribution in [3.8, 4) is 0 Å². The van der Waals surface area contributed by atoms with Crippen molar-refractivity contribution in [2.45, 2.75) is 39.2 Å². The van der Waals surface area contributed by atoms with Crippen LogP contribution in [-0.4, -0.2) is 0 Å². The zero-order valence-electron chi connectivity index (χ0n) is 11.0. The van der Waals surface area contributed by atoms with E-state index < -0.39 is 0 Å². The standard InChI is InChI=1S/C14H17N3O/c1-4-14(2,3)12-7-5-6-10-8-11(9-16-17-15)18-13(10)12/h5-8H,4,9H2,1-3H3. The Balaban J connectivity index is 2.55. The predicted molar refractivity (Wildman–Crippen MR) is 72.4 cm³/mol. The van der Waals surface area contributed by atoms with Gasteiger partial charge in [0.15, 0.2) is 0 Å². The molecule has 1 heterocycles. The van der Waals surface area contributed by atoms with E-state index in [1.807, 2.05) is 18.2 Å². The summed E-state index contributed by atoms with van der Waals surface area (Å²) in [6, 6.07) is 8.11. The van der Waals surface area contributed by atoms with E-state index >= 15 is 0 Å². The van der Waals surface area contributed by atoms with Gasteiger partial charge < -0.3 is 4.42 Å². The number of rotatable bonds is 4. The quantitative estimate of drug-likeness (QED) is 0.426. The van der Waals surface area contributed by atoms with Gasteiger partial charge in [-0.25, -0.2) is 0 Å². The van der Waals surface area contributed by atoms with Crippen LogP contribution in [0.3, 0.4) is 0 Å². The molecule has 0 N–H and O–H groups in total. The van der Waals surface area contributed by atoms with E-state index in [4.69, 9.17) is 9.95 Å². The smallest absolute Gasteiger partial charge is 0.137 e. The van der Waals surface area contributed by atoms with Crippen molar-refractivity contribution in [2.24, 2.45) is 5.11 Å². The molecule has 2 rings (SSSR count). The second-order valence-electron chi connectivity index (χ2n) is 5.06. The van der Waals surface area contributed by atoms with Gasteiger partial charge in [-0.1, -0.05) is 44.1 Å². The van der Waals surface area contributed by atoms with Crippen LogP contribution in [0.2, 0.25) is 0 Å². The second kappa shape index (κ2) is 4.75. The maximum Gasteiger partial charge on any atom is 0.137 e. The number of para-hydroxylation sites is 1. The SMILES string of the molecule is CCC(C)(C)c1cccc2cc(CN=[N+]=[N-])oc12. The van der Waals surface area contributed by atoms with E-state index in [0.717, 1.165) is 17.4 Å². The summed E-state index contributed by atoms with van der Waals surface area (Å²) in [5.74, 6) is 0.710. The molecule has 0 aliphatic rings. The van der Waals surface area contributed by atoms with E-state index in [1.54, 1.807) is 0 Å². The summed E-state index contributed by atoms with van der Waals surface area (Å²) in [4.78, 5) is 2.75. The number of benzene rings is 1. The third-order valence-electron chi connectivity index (χ3n) is 3.50. The summed E-state index contributed by atoms with van der Waals surface area (Å²) >= 11 is 0. The molecular weight excluding hydrogens is 226 g/mol. The molecular formula is C14H17N3O. The van der Waals surface area contributed by atoms with Gasteiger partial charge in [-0.15, -0.1) is 0 Å². The van der Waals surface area contributed by atoms with Crippen LogP contribution in [0.4, 0.5) is 0 Å². The zero-order valence-corrected chi connectivity index (χ0v) is 11.0. The molecule has 1 aromatic heterocycles. The molecule has 0 atom stereocenters. The number of azide groups is 1. The molecule has 0 fully saturated rings. The first kappa shape index (κ1) is 12.5. The van der Waals surface area contributed by atoms with Crippen molar-refractivity contribution < 1.29 is 4.42 Å². The Morgan fingerprint density at radius 1 is 1.39 bits per heavy atom. The third-order valence-corrected chi connectivity index (χ3v) is 3.50. The van der Waals surface area contributed by atoms with Gasteiger partial charge in [0.1, 0.15) is 11.3 Å². The summed E-state index contributed by atoms with van der Waals surface area (Å²) in [6.07, 6.45) is 1.04. The second-order valence-corrected chi connectivity index (χ2v) is 5.06. The number of hydrogen-bond acceptors (Lipinski definition) is 2. The first-order valence-corrected chi connectivity index (χ1v) is 6.11. The molecule has 4 nitrogen and oxygen atoms in total. The Kier molecular flexibility index (Phi) is 3.30. The molecule has 0 radical (unpaired) electrons. The van der Waals surface area contributed by atoms with Crippen LogP contribution in [-0.2, 0) is 12.0 Å². The average Bonchev–Trinajstić information content (AvgIpc) is 2.78. The average molecular weight is 243 g/mol. The van der Waals surface area contributed by atoms with E-state index in [2.05, 4.69) is 36.9 Å². The maximum atomic E-state index is 8.34. The maximum absolute atomic E-state index is 8.34. The molecule has 94 valence electrons. The molecule has 0 bridgehead atoms. The van der Waals surface area contributed by atoms with Crippen LogP contribution < -0.4 is 0 Å². The van der Waals surface area contributed by atoms with Gasteiger partial charge in [0.25, 0.3) is 0 Å². The summed E-state index contributed by atoms with van der Waals surface area (Å²) in [7, 11) is 0. The monoisotopic (exact) mass is 243 g/mol. The van der Waals surface area contributed by atoms with Gasteiger partial charge in [-0.05, 0) is 23.4 Å². The summed E-state index contributed by atoms with van der Waals surface area (Å²) in [5.41, 5.74) is 10.5. The van der Waals surface area contributed by atoms with Gasteiger partial charge in [0.05, 0.1) is 6.54 Å². The van der Waals surface area contributed by atoms with Crippen molar-refractivity contribution in [2.75, 3.05) is 0 Å². The third kappa shape index (κ3) is 2.20. The van der Waals surface area contributed by atoms with Gasteiger partial charge in [-0.2, -0.15) is 0 Å². The molecule has 1 aromatic carbocycles. The number of furan rings is 1. The lowest BCUT2D eigenvalue weighted by atomic mass is 9.81. The largest absolute Gasteiger partial charge is 0.461 e. The minimum Gasteiger partial charge on any atom is -0.461 e. The van der Waals surface area contributed by atoms with Crippen LogP contribution in [0.15, 0.2) is 33.8 Å². The number of hydrogen-bond donors (Lipinski definition) is 0. The summed E-state index contributed by atoms with van der Waals surface area (Å²) < 4.78 is 5.82. The fourth-order valence-corrected chi connectivity index (χ4v) is 2.02. The van der Waals surface area contributed by atoms with Crippen LogP contribution in [0.1, 0.15) is 38.5 Å². The normalized spacial score (nSPS) is 11.5. The summed E-state index contributed by atoms with van der Waals surface area (Å²) in [5, 5.41) is 4.60. The molecule has 4 heteroatoms. The number of nitrogens with zero attached hydrogens (tertiary/aromatic N) is 3.